The molecule has 2 heterocycles. The van der Waals surface area contributed by atoms with Crippen molar-refractivity contribution >= 4 is 27.9 Å². The molecule has 1 aliphatic carbocycles. The molecule has 1 fully saturated rings. The van der Waals surface area contributed by atoms with Gasteiger partial charge in [0.25, 0.3) is 0 Å². The number of carbonyl (C=O) groups is 2. The Bertz CT molecular complexity index is 439. The van der Waals surface area contributed by atoms with Crippen molar-refractivity contribution in [2.24, 2.45) is 0 Å². The second kappa shape index (κ2) is 2.52. The second-order valence-corrected chi connectivity index (χ2v) is 4.77. The summed E-state index contributed by atoms with van der Waals surface area (Å²) in [6, 6.07) is 0. The van der Waals surface area contributed by atoms with Gasteiger partial charge in [0.15, 0.2) is 11.2 Å². The molecule has 78 valence electrons. The fourth-order valence-electron chi connectivity index (χ4n) is 2.27. The Morgan fingerprint density at radius 1 is 1.20 bits per heavy atom. The first-order valence-electron chi connectivity index (χ1n) is 4.61. The summed E-state index contributed by atoms with van der Waals surface area (Å²) in [5.74, 6) is -0.771. The van der Waals surface area contributed by atoms with E-state index in [1.807, 2.05) is 0 Å². The average Bonchev–Trinajstić information content (AvgIpc) is 2.71. The van der Waals surface area contributed by atoms with Crippen molar-refractivity contribution < 1.29 is 19.1 Å². The molecular formula is C10H7BrO4. The molecule has 0 bridgehead atoms. The number of esters is 2. The summed E-state index contributed by atoms with van der Waals surface area (Å²) in [4.78, 5) is 22.4. The SMILES string of the molecule is O=C1C=CC2(CCC23C=C(Br)C(=O)O3)O1. The third kappa shape index (κ3) is 0.963. The fourth-order valence-corrected chi connectivity index (χ4v) is 2.72. The topological polar surface area (TPSA) is 52.6 Å². The Kier molecular flexibility index (Phi) is 1.54. The molecule has 0 saturated heterocycles. The summed E-state index contributed by atoms with van der Waals surface area (Å²) >= 11 is 3.12. The van der Waals surface area contributed by atoms with E-state index >= 15 is 0 Å². The summed E-state index contributed by atoms with van der Waals surface area (Å²) in [6.07, 6.45) is 6.15. The molecule has 0 aromatic carbocycles. The van der Waals surface area contributed by atoms with Gasteiger partial charge < -0.3 is 9.47 Å². The van der Waals surface area contributed by atoms with Crippen LogP contribution in [0, 0.1) is 0 Å². The molecule has 4 nitrogen and oxygen atoms in total. The molecule has 0 N–H and O–H groups in total. The lowest BCUT2D eigenvalue weighted by Crippen LogP contribution is -2.61. The van der Waals surface area contributed by atoms with E-state index in [0.717, 1.165) is 0 Å². The highest BCUT2D eigenvalue weighted by molar-refractivity contribution is 9.12. The third-order valence-corrected chi connectivity index (χ3v) is 3.74. The Morgan fingerprint density at radius 2 is 1.93 bits per heavy atom. The van der Waals surface area contributed by atoms with Gasteiger partial charge >= 0.3 is 11.9 Å². The maximum absolute atomic E-state index is 11.3. The van der Waals surface area contributed by atoms with Crippen LogP contribution in [0.1, 0.15) is 12.8 Å². The first-order valence-corrected chi connectivity index (χ1v) is 5.40. The fraction of sp³-hybridized carbons (Fsp3) is 0.400. The predicted molar refractivity (Wildman–Crippen MR) is 53.0 cm³/mol. The molecule has 2 atom stereocenters. The van der Waals surface area contributed by atoms with Crippen molar-refractivity contribution in [3.8, 4) is 0 Å². The standard InChI is InChI=1S/C10H7BrO4/c11-6-5-10(15-8(6)13)4-3-9(10)2-1-7(12)14-9/h1-2,5H,3-4H2. The lowest BCUT2D eigenvalue weighted by atomic mass is 9.65. The van der Waals surface area contributed by atoms with Gasteiger partial charge in [-0.1, -0.05) is 0 Å². The summed E-state index contributed by atoms with van der Waals surface area (Å²) < 4.78 is 10.9. The van der Waals surface area contributed by atoms with Crippen molar-refractivity contribution in [2.45, 2.75) is 24.0 Å². The highest BCUT2D eigenvalue weighted by Gasteiger charge is 2.66. The van der Waals surface area contributed by atoms with Gasteiger partial charge in [-0.25, -0.2) is 9.59 Å². The Balaban J connectivity index is 2.00. The zero-order valence-corrected chi connectivity index (χ0v) is 9.24. The maximum Gasteiger partial charge on any atom is 0.346 e. The molecule has 2 unspecified atom stereocenters. The summed E-state index contributed by atoms with van der Waals surface area (Å²) in [6.45, 7) is 0. The van der Waals surface area contributed by atoms with Gasteiger partial charge in [0.05, 0.1) is 0 Å². The van der Waals surface area contributed by atoms with Gasteiger partial charge in [0, 0.05) is 6.08 Å². The van der Waals surface area contributed by atoms with E-state index in [1.165, 1.54) is 6.08 Å². The van der Waals surface area contributed by atoms with Crippen LogP contribution in [-0.4, -0.2) is 23.1 Å². The van der Waals surface area contributed by atoms with Gasteiger partial charge in [-0.15, -0.1) is 0 Å². The Morgan fingerprint density at radius 3 is 2.33 bits per heavy atom. The van der Waals surface area contributed by atoms with Crippen LogP contribution in [0.3, 0.4) is 0 Å². The van der Waals surface area contributed by atoms with E-state index in [4.69, 9.17) is 9.47 Å². The molecule has 1 saturated carbocycles. The minimum atomic E-state index is -0.772. The van der Waals surface area contributed by atoms with E-state index in [9.17, 15) is 9.59 Å². The number of fused-ring (bicyclic) bond motifs is 1. The van der Waals surface area contributed by atoms with Crippen LogP contribution in [0.15, 0.2) is 22.7 Å². The monoisotopic (exact) mass is 270 g/mol. The number of hydrogen-bond donors (Lipinski definition) is 0. The highest BCUT2D eigenvalue weighted by Crippen LogP contribution is 2.55. The average molecular weight is 271 g/mol. The van der Waals surface area contributed by atoms with Crippen LogP contribution >= 0.6 is 15.9 Å². The van der Waals surface area contributed by atoms with Crippen LogP contribution in [0.25, 0.3) is 0 Å². The van der Waals surface area contributed by atoms with Crippen molar-refractivity contribution in [1.82, 2.24) is 0 Å². The highest BCUT2D eigenvalue weighted by atomic mass is 79.9. The first kappa shape index (κ1) is 9.15. The summed E-state index contributed by atoms with van der Waals surface area (Å²) in [7, 11) is 0. The molecule has 0 amide bonds. The van der Waals surface area contributed by atoms with Gasteiger partial charge in [-0.05, 0) is 40.9 Å². The minimum absolute atomic E-state index is 0.374. The zero-order valence-electron chi connectivity index (χ0n) is 7.66. The molecule has 15 heavy (non-hydrogen) atoms. The summed E-state index contributed by atoms with van der Waals surface area (Å²) in [5, 5.41) is 0. The van der Waals surface area contributed by atoms with Crippen molar-refractivity contribution in [3.63, 3.8) is 0 Å². The summed E-state index contributed by atoms with van der Waals surface area (Å²) in [5.41, 5.74) is -1.53. The van der Waals surface area contributed by atoms with Crippen molar-refractivity contribution in [2.75, 3.05) is 0 Å². The number of rotatable bonds is 0. The van der Waals surface area contributed by atoms with E-state index in [-0.39, 0.29) is 5.97 Å². The molecule has 3 rings (SSSR count). The van der Waals surface area contributed by atoms with Crippen molar-refractivity contribution in [3.05, 3.63) is 22.7 Å². The number of carbonyl (C=O) groups excluding carboxylic acids is 2. The first-order chi connectivity index (χ1) is 7.07. The molecule has 2 aliphatic heterocycles. The van der Waals surface area contributed by atoms with Gasteiger partial charge in [-0.3, -0.25) is 0 Å². The smallest absolute Gasteiger partial charge is 0.346 e. The Hall–Kier alpha value is -1.10. The lowest BCUT2D eigenvalue weighted by molar-refractivity contribution is -0.206. The van der Waals surface area contributed by atoms with E-state index in [2.05, 4.69) is 15.9 Å². The van der Waals surface area contributed by atoms with Crippen LogP contribution in [0.5, 0.6) is 0 Å². The van der Waals surface area contributed by atoms with E-state index in [0.29, 0.717) is 17.3 Å². The van der Waals surface area contributed by atoms with Crippen LogP contribution in [0.2, 0.25) is 0 Å². The van der Waals surface area contributed by atoms with Crippen LogP contribution in [-0.2, 0) is 19.1 Å². The zero-order chi connectivity index (χ0) is 10.7. The number of hydrogen-bond acceptors (Lipinski definition) is 4. The van der Waals surface area contributed by atoms with Crippen LogP contribution < -0.4 is 0 Å². The van der Waals surface area contributed by atoms with E-state index in [1.54, 1.807) is 12.2 Å². The lowest BCUT2D eigenvalue weighted by Gasteiger charge is -2.50. The third-order valence-electron chi connectivity index (χ3n) is 3.19. The molecular weight excluding hydrogens is 264 g/mol. The molecule has 0 aromatic heterocycles. The van der Waals surface area contributed by atoms with Crippen LogP contribution in [0.4, 0.5) is 0 Å². The number of ether oxygens (including phenoxy) is 2. The minimum Gasteiger partial charge on any atom is -0.447 e. The van der Waals surface area contributed by atoms with Gasteiger partial charge in [0.1, 0.15) is 4.48 Å². The predicted octanol–water partition coefficient (Wildman–Crippen LogP) is 1.21. The van der Waals surface area contributed by atoms with E-state index < -0.39 is 17.2 Å². The molecule has 5 heteroatoms. The van der Waals surface area contributed by atoms with Gasteiger partial charge in [0.2, 0.25) is 0 Å². The van der Waals surface area contributed by atoms with Crippen molar-refractivity contribution in [1.29, 1.82) is 0 Å². The normalized spacial score (nSPS) is 41.8. The maximum atomic E-state index is 11.3. The van der Waals surface area contributed by atoms with Gasteiger partial charge in [-0.2, -0.15) is 0 Å². The molecule has 0 aromatic rings. The molecule has 0 radical (unpaired) electrons. The molecule has 2 spiro atoms. The Labute approximate surface area is 94.0 Å². The number of halogens is 1. The quantitative estimate of drug-likeness (QED) is 0.621. The molecule has 3 aliphatic rings. The second-order valence-electron chi connectivity index (χ2n) is 3.92. The largest absolute Gasteiger partial charge is 0.447 e.